The van der Waals surface area contributed by atoms with E-state index in [4.69, 9.17) is 0 Å². The van der Waals surface area contributed by atoms with Crippen LogP contribution in [0.4, 0.5) is 0 Å². The van der Waals surface area contributed by atoms with Crippen LogP contribution >= 0.6 is 0 Å². The molecule has 0 bridgehead atoms. The van der Waals surface area contributed by atoms with Crippen molar-refractivity contribution in [3.05, 3.63) is 25.3 Å². The Morgan fingerprint density at radius 2 is 0.792 bits per heavy atom. The normalized spacial score (nSPS) is 30.8. The second kappa shape index (κ2) is 11.9. The van der Waals surface area contributed by atoms with Gasteiger partial charge in [-0.25, -0.2) is 0 Å². The summed E-state index contributed by atoms with van der Waals surface area (Å²) in [5.74, 6) is 4.13. The van der Waals surface area contributed by atoms with Gasteiger partial charge in [-0.05, 0) is 49.4 Å². The van der Waals surface area contributed by atoms with Crippen molar-refractivity contribution in [2.45, 2.75) is 103 Å². The van der Waals surface area contributed by atoms with Crippen LogP contribution in [0.15, 0.2) is 25.3 Å². The van der Waals surface area contributed by atoms with Crippen LogP contribution < -0.4 is 0 Å². The Bertz CT molecular complexity index is 292. The summed E-state index contributed by atoms with van der Waals surface area (Å²) in [6.07, 6.45) is 27.5. The van der Waals surface area contributed by atoms with Gasteiger partial charge in [0.25, 0.3) is 0 Å². The summed E-state index contributed by atoms with van der Waals surface area (Å²) in [6, 6.07) is 0. The topological polar surface area (TPSA) is 0 Å². The van der Waals surface area contributed by atoms with Gasteiger partial charge < -0.3 is 0 Å². The number of hydrogen-bond donors (Lipinski definition) is 0. The zero-order valence-electron chi connectivity index (χ0n) is 16.2. The SMILES string of the molecule is C=CCCC1CCC(CCCC[C@H]2CC[C@H](CCC=C)CC2)CC1. The second-order valence-corrected chi connectivity index (χ2v) is 8.79. The van der Waals surface area contributed by atoms with Gasteiger partial charge in [0.2, 0.25) is 0 Å². The summed E-state index contributed by atoms with van der Waals surface area (Å²) in [4.78, 5) is 0. The minimum absolute atomic E-state index is 1.01. The Balaban J connectivity index is 1.46. The maximum atomic E-state index is 3.86. The van der Waals surface area contributed by atoms with Gasteiger partial charge >= 0.3 is 0 Å². The van der Waals surface area contributed by atoms with Gasteiger partial charge in [-0.15, -0.1) is 13.2 Å². The predicted molar refractivity (Wildman–Crippen MR) is 108 cm³/mol. The smallest absolute Gasteiger partial charge is 0.0351 e. The highest BCUT2D eigenvalue weighted by atomic mass is 14.3. The van der Waals surface area contributed by atoms with Crippen LogP contribution in [0.3, 0.4) is 0 Å². The molecule has 0 aromatic carbocycles. The molecule has 0 aromatic heterocycles. The molecule has 0 radical (unpaired) electrons. The first-order chi connectivity index (χ1) is 11.8. The molecule has 24 heavy (non-hydrogen) atoms. The zero-order chi connectivity index (χ0) is 17.0. The third-order valence-electron chi connectivity index (χ3n) is 6.97. The van der Waals surface area contributed by atoms with E-state index in [0.717, 1.165) is 23.7 Å². The fourth-order valence-electron chi connectivity index (χ4n) is 5.19. The summed E-state index contributed by atoms with van der Waals surface area (Å²) < 4.78 is 0. The minimum Gasteiger partial charge on any atom is -0.103 e. The molecule has 0 heterocycles. The first-order valence-corrected chi connectivity index (χ1v) is 11.0. The summed E-state index contributed by atoms with van der Waals surface area (Å²) in [5.41, 5.74) is 0. The molecule has 0 saturated heterocycles. The van der Waals surface area contributed by atoms with E-state index in [1.165, 1.54) is 103 Å². The van der Waals surface area contributed by atoms with Gasteiger partial charge in [0, 0.05) is 0 Å². The molecule has 2 fully saturated rings. The van der Waals surface area contributed by atoms with Crippen molar-refractivity contribution in [3.63, 3.8) is 0 Å². The molecule has 0 nitrogen and oxygen atoms in total. The van der Waals surface area contributed by atoms with E-state index in [9.17, 15) is 0 Å². The second-order valence-electron chi connectivity index (χ2n) is 8.79. The Morgan fingerprint density at radius 1 is 0.500 bits per heavy atom. The van der Waals surface area contributed by atoms with E-state index in [-0.39, 0.29) is 0 Å². The van der Waals surface area contributed by atoms with Crippen LogP contribution in [0.2, 0.25) is 0 Å². The largest absolute Gasteiger partial charge is 0.103 e. The van der Waals surface area contributed by atoms with Crippen molar-refractivity contribution >= 4 is 0 Å². The molecular formula is C24H42. The lowest BCUT2D eigenvalue weighted by Crippen LogP contribution is -2.15. The Morgan fingerprint density at radius 3 is 1.08 bits per heavy atom. The van der Waals surface area contributed by atoms with E-state index in [1.807, 2.05) is 0 Å². The highest BCUT2D eigenvalue weighted by molar-refractivity contribution is 4.78. The van der Waals surface area contributed by atoms with Gasteiger partial charge in [0.05, 0.1) is 0 Å². The molecule has 0 aliphatic heterocycles. The predicted octanol–water partition coefficient (Wildman–Crippen LogP) is 8.09. The third kappa shape index (κ3) is 7.58. The van der Waals surface area contributed by atoms with Crippen molar-refractivity contribution in [2.75, 3.05) is 0 Å². The molecule has 0 unspecified atom stereocenters. The maximum Gasteiger partial charge on any atom is -0.0351 e. The van der Waals surface area contributed by atoms with Gasteiger partial charge in [-0.2, -0.15) is 0 Å². The number of rotatable bonds is 11. The minimum atomic E-state index is 1.01. The van der Waals surface area contributed by atoms with Crippen LogP contribution in [0, 0.1) is 23.7 Å². The lowest BCUT2D eigenvalue weighted by atomic mass is 9.76. The lowest BCUT2D eigenvalue weighted by molar-refractivity contribution is 0.234. The molecular weight excluding hydrogens is 288 g/mol. The average Bonchev–Trinajstić information content (AvgIpc) is 2.64. The van der Waals surface area contributed by atoms with Crippen LogP contribution in [-0.4, -0.2) is 0 Å². The Hall–Kier alpha value is -0.520. The molecule has 0 aromatic rings. The summed E-state index contributed by atoms with van der Waals surface area (Å²) in [5, 5.41) is 0. The summed E-state index contributed by atoms with van der Waals surface area (Å²) >= 11 is 0. The van der Waals surface area contributed by atoms with Gasteiger partial charge in [0.1, 0.15) is 0 Å². The molecule has 0 heteroatoms. The number of allylic oxidation sites excluding steroid dienone is 2. The molecule has 0 amide bonds. The van der Waals surface area contributed by atoms with Crippen molar-refractivity contribution in [1.29, 1.82) is 0 Å². The summed E-state index contributed by atoms with van der Waals surface area (Å²) in [6.45, 7) is 7.72. The molecule has 0 atom stereocenters. The molecule has 2 rings (SSSR count). The molecule has 2 aliphatic carbocycles. The summed E-state index contributed by atoms with van der Waals surface area (Å²) in [7, 11) is 0. The molecule has 138 valence electrons. The van der Waals surface area contributed by atoms with Crippen LogP contribution in [0.5, 0.6) is 0 Å². The monoisotopic (exact) mass is 330 g/mol. The Kier molecular flexibility index (Phi) is 9.85. The fraction of sp³-hybridized carbons (Fsp3) is 0.833. The first-order valence-electron chi connectivity index (χ1n) is 11.0. The van der Waals surface area contributed by atoms with E-state index in [0.29, 0.717) is 0 Å². The van der Waals surface area contributed by atoms with Crippen molar-refractivity contribution < 1.29 is 0 Å². The molecule has 0 spiro atoms. The van der Waals surface area contributed by atoms with E-state index < -0.39 is 0 Å². The number of hydrogen-bond acceptors (Lipinski definition) is 0. The van der Waals surface area contributed by atoms with Gasteiger partial charge in [0.15, 0.2) is 0 Å². The maximum absolute atomic E-state index is 3.86. The van der Waals surface area contributed by atoms with Crippen LogP contribution in [-0.2, 0) is 0 Å². The average molecular weight is 331 g/mol. The quantitative estimate of drug-likeness (QED) is 0.265. The Labute approximate surface area is 152 Å². The van der Waals surface area contributed by atoms with Crippen molar-refractivity contribution in [3.8, 4) is 0 Å². The van der Waals surface area contributed by atoms with Gasteiger partial charge in [-0.1, -0.05) is 89.2 Å². The molecule has 0 N–H and O–H groups in total. The van der Waals surface area contributed by atoms with E-state index in [2.05, 4.69) is 25.3 Å². The van der Waals surface area contributed by atoms with Crippen molar-refractivity contribution in [2.24, 2.45) is 23.7 Å². The highest BCUT2D eigenvalue weighted by Gasteiger charge is 2.22. The molecule has 2 saturated carbocycles. The van der Waals surface area contributed by atoms with Crippen LogP contribution in [0.25, 0.3) is 0 Å². The third-order valence-corrected chi connectivity index (χ3v) is 6.97. The van der Waals surface area contributed by atoms with Crippen LogP contribution in [0.1, 0.15) is 103 Å². The standard InChI is InChI=1S/C24H42/c1-3-5-9-21-13-17-23(18-14-21)11-7-8-12-24-19-15-22(16-20-24)10-6-4-2/h3-4,21-24H,1-2,5-20H2/t21-,22?,23-,24?. The van der Waals surface area contributed by atoms with Crippen molar-refractivity contribution in [1.82, 2.24) is 0 Å². The highest BCUT2D eigenvalue weighted by Crippen LogP contribution is 2.36. The van der Waals surface area contributed by atoms with E-state index >= 15 is 0 Å². The van der Waals surface area contributed by atoms with Gasteiger partial charge in [-0.3, -0.25) is 0 Å². The lowest BCUT2D eigenvalue weighted by Gasteiger charge is -2.29. The number of unbranched alkanes of at least 4 members (excludes halogenated alkanes) is 1. The first kappa shape index (κ1) is 19.8. The molecule has 2 aliphatic rings. The fourth-order valence-corrected chi connectivity index (χ4v) is 5.19. The van der Waals surface area contributed by atoms with E-state index in [1.54, 1.807) is 0 Å². The zero-order valence-corrected chi connectivity index (χ0v) is 16.2.